The third kappa shape index (κ3) is 6.26. The first kappa shape index (κ1) is 21.2. The van der Waals surface area contributed by atoms with Crippen LogP contribution in [0, 0.1) is 0 Å². The summed E-state index contributed by atoms with van der Waals surface area (Å²) in [6.07, 6.45) is -0.682. The van der Waals surface area contributed by atoms with Gasteiger partial charge < -0.3 is 24.6 Å². The van der Waals surface area contributed by atoms with Gasteiger partial charge in [0.25, 0.3) is 0 Å². The number of nitrogens with zero attached hydrogens (tertiary/aromatic N) is 1. The van der Waals surface area contributed by atoms with Crippen LogP contribution >= 0.6 is 15.9 Å². The Labute approximate surface area is 164 Å². The number of ether oxygens (including phenoxy) is 2. The van der Waals surface area contributed by atoms with Crippen molar-refractivity contribution in [3.05, 3.63) is 28.2 Å². The molecule has 1 aromatic carbocycles. The predicted molar refractivity (Wildman–Crippen MR) is 106 cm³/mol. The van der Waals surface area contributed by atoms with Crippen LogP contribution in [-0.4, -0.2) is 55.3 Å². The van der Waals surface area contributed by atoms with Crippen molar-refractivity contribution in [1.82, 2.24) is 4.90 Å². The monoisotopic (exact) mass is 445 g/mol. The summed E-state index contributed by atoms with van der Waals surface area (Å²) < 4.78 is 12.3. The molecule has 1 amide bonds. The van der Waals surface area contributed by atoms with Gasteiger partial charge >= 0.3 is 6.09 Å². The molecule has 1 unspecified atom stereocenters. The average molecular weight is 446 g/mol. The second-order valence-electron chi connectivity index (χ2n) is 7.83. The van der Waals surface area contributed by atoms with Crippen molar-refractivity contribution in [2.75, 3.05) is 19.9 Å². The first-order chi connectivity index (χ1) is 12.2. The fourth-order valence-corrected chi connectivity index (χ4v) is 4.02. The normalized spacial score (nSPS) is 20.9. The number of carbonyl (C=O) groups is 1. The summed E-state index contributed by atoms with van der Waals surface area (Å²) in [5.41, 5.74) is 0.753. The number of rotatable bonds is 7. The van der Waals surface area contributed by atoms with E-state index in [1.54, 1.807) is 0 Å². The zero-order valence-electron chi connectivity index (χ0n) is 15.6. The van der Waals surface area contributed by atoms with Gasteiger partial charge in [-0.1, -0.05) is 41.6 Å². The van der Waals surface area contributed by atoms with E-state index >= 15 is 0 Å². The molecule has 2 rings (SSSR count). The second kappa shape index (κ2) is 9.21. The Morgan fingerprint density at radius 1 is 1.38 bits per heavy atom. The van der Waals surface area contributed by atoms with Crippen LogP contribution in [0.5, 0.6) is 5.75 Å². The Morgan fingerprint density at radius 2 is 2.12 bits per heavy atom. The van der Waals surface area contributed by atoms with E-state index in [9.17, 15) is 15.0 Å². The minimum Gasteiger partial charge on any atom is -0.467 e. The maximum atomic E-state index is 11.6. The molecule has 1 heterocycles. The molecular formula is C18H28BrNO5Si. The Bertz CT molecular complexity index is 622. The molecule has 0 aliphatic carbocycles. The van der Waals surface area contributed by atoms with Gasteiger partial charge in [0.15, 0.2) is 6.79 Å². The van der Waals surface area contributed by atoms with E-state index in [4.69, 9.17) is 9.47 Å². The van der Waals surface area contributed by atoms with E-state index in [-0.39, 0.29) is 6.79 Å². The maximum absolute atomic E-state index is 11.6. The van der Waals surface area contributed by atoms with Crippen LogP contribution in [0.15, 0.2) is 22.7 Å². The van der Waals surface area contributed by atoms with E-state index in [0.29, 0.717) is 31.7 Å². The molecule has 0 saturated carbocycles. The van der Waals surface area contributed by atoms with Crippen LogP contribution < -0.4 is 4.74 Å². The lowest BCUT2D eigenvalue weighted by Gasteiger charge is -2.36. The average Bonchev–Trinajstić information content (AvgIpc) is 2.53. The molecule has 8 heteroatoms. The molecule has 146 valence electrons. The molecule has 1 saturated heterocycles. The van der Waals surface area contributed by atoms with Crippen LogP contribution in [0.4, 0.5) is 4.79 Å². The Morgan fingerprint density at radius 3 is 2.77 bits per heavy atom. The van der Waals surface area contributed by atoms with E-state index in [1.807, 2.05) is 18.2 Å². The fourth-order valence-electron chi connectivity index (χ4n) is 2.92. The van der Waals surface area contributed by atoms with Crippen LogP contribution in [-0.2, 0) is 4.74 Å². The van der Waals surface area contributed by atoms with Crippen LogP contribution in [0.3, 0.4) is 0 Å². The number of halogens is 1. The molecule has 1 aliphatic heterocycles. The second-order valence-corrected chi connectivity index (χ2v) is 14.4. The summed E-state index contributed by atoms with van der Waals surface area (Å²) in [6.45, 7) is 7.96. The third-order valence-corrected chi connectivity index (χ3v) is 6.65. The van der Waals surface area contributed by atoms with Gasteiger partial charge in [-0.2, -0.15) is 0 Å². The molecular weight excluding hydrogens is 418 g/mol. The topological polar surface area (TPSA) is 79.2 Å². The van der Waals surface area contributed by atoms with Gasteiger partial charge in [-0.3, -0.25) is 0 Å². The summed E-state index contributed by atoms with van der Waals surface area (Å²) >= 11 is 3.43. The molecule has 2 N–H and O–H groups in total. The third-order valence-electron chi connectivity index (χ3n) is 4.45. The molecule has 0 spiro atoms. The number of carboxylic acid groups (broad SMARTS) is 1. The van der Waals surface area contributed by atoms with Gasteiger partial charge in [0.2, 0.25) is 0 Å². The number of piperidine rings is 1. The Balaban J connectivity index is 2.09. The zero-order valence-corrected chi connectivity index (χ0v) is 18.2. The van der Waals surface area contributed by atoms with Crippen molar-refractivity contribution in [2.45, 2.75) is 50.7 Å². The van der Waals surface area contributed by atoms with Gasteiger partial charge in [-0.05, 0) is 31.0 Å². The van der Waals surface area contributed by atoms with Crippen molar-refractivity contribution in [3.63, 3.8) is 0 Å². The number of aliphatic hydroxyl groups is 1. The minimum absolute atomic E-state index is 0.121. The lowest BCUT2D eigenvalue weighted by Crippen LogP contribution is -2.42. The summed E-state index contributed by atoms with van der Waals surface area (Å²) in [6, 6.07) is 6.15. The first-order valence-corrected chi connectivity index (χ1v) is 13.3. The van der Waals surface area contributed by atoms with Gasteiger partial charge in [0.05, 0.1) is 12.1 Å². The van der Waals surface area contributed by atoms with Gasteiger partial charge in [0.1, 0.15) is 5.75 Å². The number of aliphatic hydroxyl groups excluding tert-OH is 1. The molecule has 0 radical (unpaired) electrons. The molecule has 1 fully saturated rings. The highest BCUT2D eigenvalue weighted by Crippen LogP contribution is 2.37. The first-order valence-electron chi connectivity index (χ1n) is 8.85. The maximum Gasteiger partial charge on any atom is 0.407 e. The van der Waals surface area contributed by atoms with Crippen LogP contribution in [0.25, 0.3) is 0 Å². The van der Waals surface area contributed by atoms with E-state index in [2.05, 4.69) is 35.6 Å². The number of hydrogen-bond donors (Lipinski definition) is 2. The Kier molecular flexibility index (Phi) is 7.51. The van der Waals surface area contributed by atoms with E-state index in [0.717, 1.165) is 16.1 Å². The highest BCUT2D eigenvalue weighted by molar-refractivity contribution is 9.10. The summed E-state index contributed by atoms with van der Waals surface area (Å²) in [5, 5.41) is 19.5. The van der Waals surface area contributed by atoms with Crippen molar-refractivity contribution in [1.29, 1.82) is 0 Å². The predicted octanol–water partition coefficient (Wildman–Crippen LogP) is 4.32. The van der Waals surface area contributed by atoms with Crippen molar-refractivity contribution < 1.29 is 24.5 Å². The van der Waals surface area contributed by atoms with Crippen LogP contribution in [0.1, 0.15) is 24.4 Å². The number of hydrogen-bond acceptors (Lipinski definition) is 4. The van der Waals surface area contributed by atoms with Crippen molar-refractivity contribution in [2.24, 2.45) is 0 Å². The van der Waals surface area contributed by atoms with Gasteiger partial charge in [-0.25, -0.2) is 4.79 Å². The summed E-state index contributed by atoms with van der Waals surface area (Å²) in [4.78, 5) is 13.0. The quantitative estimate of drug-likeness (QED) is 0.371. The minimum atomic E-state index is -1.15. The Hall–Kier alpha value is -1.09. The van der Waals surface area contributed by atoms with Crippen LogP contribution in [0.2, 0.25) is 25.7 Å². The summed E-state index contributed by atoms with van der Waals surface area (Å²) in [7, 11) is -1.15. The molecule has 0 aromatic heterocycles. The van der Waals surface area contributed by atoms with E-state index < -0.39 is 26.3 Å². The van der Waals surface area contributed by atoms with Gasteiger partial charge in [0, 0.05) is 31.3 Å². The molecule has 6 nitrogen and oxygen atoms in total. The number of likely N-dealkylation sites (tertiary alicyclic amines) is 1. The number of benzene rings is 1. The molecule has 26 heavy (non-hydrogen) atoms. The smallest absolute Gasteiger partial charge is 0.407 e. The highest BCUT2D eigenvalue weighted by atomic mass is 79.9. The molecule has 1 aromatic rings. The van der Waals surface area contributed by atoms with Gasteiger partial charge in [-0.15, -0.1) is 0 Å². The summed E-state index contributed by atoms with van der Waals surface area (Å²) in [5.74, 6) is 0.581. The number of amides is 1. The van der Waals surface area contributed by atoms with Crippen molar-refractivity contribution >= 4 is 30.1 Å². The zero-order chi connectivity index (χ0) is 19.3. The molecule has 0 bridgehead atoms. The highest BCUT2D eigenvalue weighted by Gasteiger charge is 2.33. The molecule has 1 aliphatic rings. The van der Waals surface area contributed by atoms with E-state index in [1.165, 1.54) is 4.90 Å². The fraction of sp³-hybridized carbons (Fsp3) is 0.611. The van der Waals surface area contributed by atoms with Crippen molar-refractivity contribution in [3.8, 4) is 5.75 Å². The standard InChI is InChI=1S/C18H28BrNO5Si/c1-26(2,3)9-8-24-12-25-17-10-13(19)4-5-15(17)16-11-14(21)6-7-20(16)18(22)23/h4-5,10,14,16,21H,6-9,11-12H2,1-3H3,(H,22,23)/t14?,16-/m0/s1. The SMILES string of the molecule is C[Si](C)(C)CCOCOc1cc(Br)ccc1[C@@H]1CC(O)CCN1C(=O)O. The molecule has 2 atom stereocenters. The lowest BCUT2D eigenvalue weighted by atomic mass is 9.93. The largest absolute Gasteiger partial charge is 0.467 e. The lowest BCUT2D eigenvalue weighted by molar-refractivity contribution is 0.0171.